The number of aromatic nitrogens is 2. The zero-order valence-electron chi connectivity index (χ0n) is 16.3. The van der Waals surface area contributed by atoms with E-state index in [9.17, 15) is 4.79 Å². The molecular weight excluding hydrogens is 407 g/mol. The topological polar surface area (TPSA) is 59.0 Å². The lowest BCUT2D eigenvalue weighted by Crippen LogP contribution is -2.34. The van der Waals surface area contributed by atoms with Gasteiger partial charge in [0.05, 0.1) is 26.8 Å². The highest BCUT2D eigenvalue weighted by Crippen LogP contribution is 2.33. The van der Waals surface area contributed by atoms with Gasteiger partial charge < -0.3 is 15.2 Å². The Labute approximate surface area is 180 Å². The summed E-state index contributed by atoms with van der Waals surface area (Å²) in [6, 6.07) is 11.2. The number of nitrogens with zero attached hydrogens (tertiary/aromatic N) is 2. The number of fused-ring (bicyclic) bond motifs is 1. The van der Waals surface area contributed by atoms with Crippen molar-refractivity contribution in [2.75, 3.05) is 5.32 Å². The molecule has 0 aliphatic heterocycles. The van der Waals surface area contributed by atoms with E-state index in [1.165, 1.54) is 25.7 Å². The van der Waals surface area contributed by atoms with E-state index in [1.807, 2.05) is 29.8 Å². The van der Waals surface area contributed by atoms with Crippen molar-refractivity contribution in [2.24, 2.45) is 7.05 Å². The maximum Gasteiger partial charge on any atom is 0.251 e. The molecule has 29 heavy (non-hydrogen) atoms. The number of halogens is 2. The molecule has 0 saturated heterocycles. The van der Waals surface area contributed by atoms with Gasteiger partial charge in [-0.2, -0.15) is 0 Å². The van der Waals surface area contributed by atoms with E-state index < -0.39 is 0 Å². The first kappa shape index (κ1) is 20.0. The second-order valence-electron chi connectivity index (χ2n) is 7.58. The van der Waals surface area contributed by atoms with Crippen molar-refractivity contribution in [3.63, 3.8) is 0 Å². The molecule has 1 aliphatic rings. The number of nitrogens with one attached hydrogen (secondary N) is 2. The van der Waals surface area contributed by atoms with Crippen LogP contribution in [0.4, 0.5) is 11.6 Å². The number of amides is 1. The molecule has 0 radical (unpaired) electrons. The van der Waals surface area contributed by atoms with Gasteiger partial charge in [0.25, 0.3) is 5.91 Å². The number of hydrogen-bond donors (Lipinski definition) is 2. The van der Waals surface area contributed by atoms with E-state index >= 15 is 0 Å². The second kappa shape index (κ2) is 8.64. The number of anilines is 2. The van der Waals surface area contributed by atoms with Crippen molar-refractivity contribution in [1.29, 1.82) is 0 Å². The fraction of sp³-hybridized carbons (Fsp3) is 0.364. The summed E-state index contributed by atoms with van der Waals surface area (Å²) < 4.78 is 1.92. The van der Waals surface area contributed by atoms with Gasteiger partial charge in [0.2, 0.25) is 5.95 Å². The van der Waals surface area contributed by atoms with E-state index in [0.29, 0.717) is 27.2 Å². The number of carbonyl (C=O) groups excluding carboxylic acids is 1. The van der Waals surface area contributed by atoms with Crippen molar-refractivity contribution in [1.82, 2.24) is 14.9 Å². The van der Waals surface area contributed by atoms with E-state index in [4.69, 9.17) is 23.2 Å². The molecule has 1 saturated carbocycles. The molecular formula is C22H24Cl2N4O. The Morgan fingerprint density at radius 1 is 1.07 bits per heavy atom. The molecule has 4 rings (SSSR count). The number of carbonyl (C=O) groups is 1. The van der Waals surface area contributed by atoms with Crippen molar-refractivity contribution in [3.8, 4) is 0 Å². The lowest BCUT2D eigenvalue weighted by Gasteiger charge is -2.16. The Kier molecular flexibility index (Phi) is 5.97. The average Bonchev–Trinajstić information content (AvgIpc) is 2.86. The van der Waals surface area contributed by atoms with Crippen LogP contribution >= 0.6 is 23.2 Å². The number of benzene rings is 2. The van der Waals surface area contributed by atoms with Crippen LogP contribution in [0.3, 0.4) is 0 Å². The van der Waals surface area contributed by atoms with Crippen LogP contribution in [-0.4, -0.2) is 21.5 Å². The predicted molar refractivity (Wildman–Crippen MR) is 119 cm³/mol. The van der Waals surface area contributed by atoms with Crippen LogP contribution < -0.4 is 10.6 Å². The smallest absolute Gasteiger partial charge is 0.251 e. The molecule has 0 unspecified atom stereocenters. The van der Waals surface area contributed by atoms with Crippen LogP contribution in [0.25, 0.3) is 11.0 Å². The molecule has 1 fully saturated rings. The van der Waals surface area contributed by atoms with Crippen molar-refractivity contribution >= 4 is 51.8 Å². The monoisotopic (exact) mass is 430 g/mol. The maximum absolute atomic E-state index is 12.7. The van der Waals surface area contributed by atoms with Gasteiger partial charge in [-0.3, -0.25) is 4.79 Å². The van der Waals surface area contributed by atoms with E-state index in [0.717, 1.165) is 23.9 Å². The zero-order valence-corrected chi connectivity index (χ0v) is 17.9. The van der Waals surface area contributed by atoms with Gasteiger partial charge in [-0.1, -0.05) is 55.0 Å². The molecule has 2 aromatic carbocycles. The first-order valence-corrected chi connectivity index (χ1v) is 10.8. The molecule has 1 heterocycles. The van der Waals surface area contributed by atoms with Gasteiger partial charge in [-0.05, 0) is 43.2 Å². The van der Waals surface area contributed by atoms with E-state index in [2.05, 4.69) is 15.6 Å². The Balaban J connectivity index is 1.57. The highest BCUT2D eigenvalue weighted by Gasteiger charge is 2.17. The molecule has 5 nitrogen and oxygen atoms in total. The third-order valence-electron chi connectivity index (χ3n) is 5.53. The zero-order chi connectivity index (χ0) is 20.4. The Morgan fingerprint density at radius 3 is 2.45 bits per heavy atom. The predicted octanol–water partition coefficient (Wildman–Crippen LogP) is 6.08. The first-order valence-electron chi connectivity index (χ1n) is 10.0. The van der Waals surface area contributed by atoms with Gasteiger partial charge in [-0.15, -0.1) is 0 Å². The minimum Gasteiger partial charge on any atom is -0.349 e. The molecule has 0 spiro atoms. The normalized spacial score (nSPS) is 15.3. The quantitative estimate of drug-likeness (QED) is 0.493. The average molecular weight is 431 g/mol. The van der Waals surface area contributed by atoms with Crippen LogP contribution in [-0.2, 0) is 7.05 Å². The van der Waals surface area contributed by atoms with E-state index in [1.54, 1.807) is 18.2 Å². The van der Waals surface area contributed by atoms with E-state index in [-0.39, 0.29) is 11.9 Å². The van der Waals surface area contributed by atoms with Crippen molar-refractivity contribution in [2.45, 2.75) is 44.6 Å². The van der Waals surface area contributed by atoms with Crippen molar-refractivity contribution < 1.29 is 4.79 Å². The fourth-order valence-electron chi connectivity index (χ4n) is 3.87. The van der Waals surface area contributed by atoms with Crippen LogP contribution in [0.1, 0.15) is 48.9 Å². The van der Waals surface area contributed by atoms with Crippen LogP contribution in [0, 0.1) is 0 Å². The lowest BCUT2D eigenvalue weighted by molar-refractivity contribution is 0.0933. The van der Waals surface area contributed by atoms with Crippen LogP contribution in [0.2, 0.25) is 10.0 Å². The summed E-state index contributed by atoms with van der Waals surface area (Å²) >= 11 is 12.5. The third-order valence-corrected chi connectivity index (χ3v) is 6.16. The molecule has 3 aromatic rings. The maximum atomic E-state index is 12.7. The Hall–Kier alpha value is -2.24. The summed E-state index contributed by atoms with van der Waals surface area (Å²) in [7, 11) is 1.91. The van der Waals surface area contributed by atoms with Gasteiger partial charge in [0.15, 0.2) is 0 Å². The number of rotatable bonds is 4. The molecule has 2 N–H and O–H groups in total. The number of aryl methyl sites for hydroxylation is 1. The molecule has 1 aromatic heterocycles. The fourth-order valence-corrected chi connectivity index (χ4v) is 4.37. The summed E-state index contributed by atoms with van der Waals surface area (Å²) in [6.07, 6.45) is 7.01. The summed E-state index contributed by atoms with van der Waals surface area (Å²) in [5.41, 5.74) is 2.90. The molecule has 7 heteroatoms. The standard InChI is InChI=1S/C22H24Cl2N4O/c1-28-19-12-11-14(21(29)25-15-7-4-2-3-5-8-15)13-18(19)26-22(28)27-20-16(23)9-6-10-17(20)24/h6,9-13,15H,2-5,7-8H2,1H3,(H,25,29)(H,26,27). The Bertz CT molecular complexity index is 1020. The van der Waals surface area contributed by atoms with Crippen LogP contribution in [0.5, 0.6) is 0 Å². The van der Waals surface area contributed by atoms with Gasteiger partial charge in [-0.25, -0.2) is 4.98 Å². The van der Waals surface area contributed by atoms with Gasteiger partial charge in [0, 0.05) is 18.7 Å². The Morgan fingerprint density at radius 2 is 1.76 bits per heavy atom. The second-order valence-corrected chi connectivity index (χ2v) is 8.40. The molecule has 1 aliphatic carbocycles. The van der Waals surface area contributed by atoms with Gasteiger partial charge in [0.1, 0.15) is 0 Å². The highest BCUT2D eigenvalue weighted by molar-refractivity contribution is 6.39. The highest BCUT2D eigenvalue weighted by atomic mass is 35.5. The van der Waals surface area contributed by atoms with Crippen LogP contribution in [0.15, 0.2) is 36.4 Å². The lowest BCUT2D eigenvalue weighted by atomic mass is 10.1. The van der Waals surface area contributed by atoms with Gasteiger partial charge >= 0.3 is 0 Å². The largest absolute Gasteiger partial charge is 0.349 e. The summed E-state index contributed by atoms with van der Waals surface area (Å²) in [5, 5.41) is 7.44. The summed E-state index contributed by atoms with van der Waals surface area (Å²) in [4.78, 5) is 17.4. The number of imidazole rings is 1. The molecule has 1 amide bonds. The summed E-state index contributed by atoms with van der Waals surface area (Å²) in [5.74, 6) is 0.574. The minimum absolute atomic E-state index is 0.0342. The number of para-hydroxylation sites is 1. The molecule has 0 bridgehead atoms. The third kappa shape index (κ3) is 4.36. The minimum atomic E-state index is -0.0342. The molecule has 152 valence electrons. The first-order chi connectivity index (χ1) is 14.0. The molecule has 0 atom stereocenters. The van der Waals surface area contributed by atoms with Crippen molar-refractivity contribution in [3.05, 3.63) is 52.0 Å². The SMILES string of the molecule is Cn1c(Nc2c(Cl)cccc2Cl)nc2cc(C(=O)NC3CCCCCC3)ccc21. The number of hydrogen-bond acceptors (Lipinski definition) is 3. The summed E-state index contributed by atoms with van der Waals surface area (Å²) in [6.45, 7) is 0.